The lowest BCUT2D eigenvalue weighted by molar-refractivity contribution is -0.384. The predicted molar refractivity (Wildman–Crippen MR) is 72.5 cm³/mol. The molecule has 0 saturated carbocycles. The first-order chi connectivity index (χ1) is 9.88. The molecule has 0 aliphatic rings. The third-order valence-electron chi connectivity index (χ3n) is 2.83. The number of benzene rings is 2. The second-order valence-corrected chi connectivity index (χ2v) is 4.66. The van der Waals surface area contributed by atoms with Gasteiger partial charge in [-0.05, 0) is 17.7 Å². The average molecular weight is 312 g/mol. The van der Waals surface area contributed by atoms with E-state index in [0.29, 0.717) is 6.07 Å². The van der Waals surface area contributed by atoms with Crippen molar-refractivity contribution < 1.29 is 18.5 Å². The van der Waals surface area contributed by atoms with Gasteiger partial charge in [-0.2, -0.15) is 0 Å². The fraction of sp³-hybridized carbons (Fsp3) is 0.0714. The maximum absolute atomic E-state index is 13.5. The molecule has 21 heavy (non-hydrogen) atoms. The van der Waals surface area contributed by atoms with Crippen molar-refractivity contribution in [3.8, 4) is 0 Å². The molecule has 2 aromatic rings. The standard InChI is InChI=1S/C14H8ClF2NO3/c15-12-4-3-10(18(20)21)7-11(12)14(19)5-8-1-2-9(16)6-13(8)17/h1-4,6-7H,5H2. The number of hydrogen-bond acceptors (Lipinski definition) is 3. The van der Waals surface area contributed by atoms with Crippen molar-refractivity contribution in [2.24, 2.45) is 0 Å². The summed E-state index contributed by atoms with van der Waals surface area (Å²) in [7, 11) is 0. The van der Waals surface area contributed by atoms with Gasteiger partial charge in [0.05, 0.1) is 9.95 Å². The number of nitro groups is 1. The lowest BCUT2D eigenvalue weighted by Gasteiger charge is -2.05. The van der Waals surface area contributed by atoms with Crippen LogP contribution in [0, 0.1) is 21.7 Å². The van der Waals surface area contributed by atoms with Crippen molar-refractivity contribution in [2.75, 3.05) is 0 Å². The largest absolute Gasteiger partial charge is 0.294 e. The number of carbonyl (C=O) groups is 1. The van der Waals surface area contributed by atoms with Gasteiger partial charge in [0.1, 0.15) is 11.6 Å². The van der Waals surface area contributed by atoms with Gasteiger partial charge < -0.3 is 0 Å². The smallest absolute Gasteiger partial charge is 0.270 e. The molecule has 0 aliphatic carbocycles. The topological polar surface area (TPSA) is 60.2 Å². The molecule has 0 bridgehead atoms. The minimum Gasteiger partial charge on any atom is -0.294 e. The summed E-state index contributed by atoms with van der Waals surface area (Å²) < 4.78 is 26.3. The van der Waals surface area contributed by atoms with Crippen LogP contribution in [0.3, 0.4) is 0 Å². The summed E-state index contributed by atoms with van der Waals surface area (Å²) in [6.45, 7) is 0. The maximum atomic E-state index is 13.5. The molecule has 0 fully saturated rings. The van der Waals surface area contributed by atoms with Crippen molar-refractivity contribution in [3.05, 3.63) is 74.3 Å². The molecular weight excluding hydrogens is 304 g/mol. The second-order valence-electron chi connectivity index (χ2n) is 4.26. The quantitative estimate of drug-likeness (QED) is 0.488. The van der Waals surface area contributed by atoms with E-state index in [1.54, 1.807) is 0 Å². The third kappa shape index (κ3) is 3.41. The van der Waals surface area contributed by atoms with Gasteiger partial charge in [0, 0.05) is 30.2 Å². The van der Waals surface area contributed by atoms with Gasteiger partial charge in [-0.1, -0.05) is 17.7 Å². The molecule has 0 N–H and O–H groups in total. The zero-order chi connectivity index (χ0) is 15.6. The number of carbonyl (C=O) groups excluding carboxylic acids is 1. The summed E-state index contributed by atoms with van der Waals surface area (Å²) in [5, 5.41) is 10.7. The lowest BCUT2D eigenvalue weighted by Crippen LogP contribution is -2.07. The Morgan fingerprint density at radius 1 is 1.19 bits per heavy atom. The molecule has 0 unspecified atom stereocenters. The molecule has 0 heterocycles. The Balaban J connectivity index is 2.32. The highest BCUT2D eigenvalue weighted by Crippen LogP contribution is 2.24. The molecule has 2 rings (SSSR count). The molecule has 2 aromatic carbocycles. The predicted octanol–water partition coefficient (Wildman–Crippen LogP) is 3.95. The van der Waals surface area contributed by atoms with Crippen LogP contribution in [0.15, 0.2) is 36.4 Å². The number of halogens is 3. The summed E-state index contributed by atoms with van der Waals surface area (Å²) in [6.07, 6.45) is -0.368. The molecule has 0 saturated heterocycles. The highest BCUT2D eigenvalue weighted by molar-refractivity contribution is 6.34. The minimum absolute atomic E-state index is 0.0102. The van der Waals surface area contributed by atoms with Gasteiger partial charge in [-0.15, -0.1) is 0 Å². The summed E-state index contributed by atoms with van der Waals surface area (Å²) in [5.41, 5.74) is -0.374. The van der Waals surface area contributed by atoms with E-state index in [1.807, 2.05) is 0 Å². The Morgan fingerprint density at radius 3 is 2.52 bits per heavy atom. The number of nitro benzene ring substituents is 1. The molecule has 4 nitrogen and oxygen atoms in total. The van der Waals surface area contributed by atoms with Gasteiger partial charge in [0.15, 0.2) is 5.78 Å². The lowest BCUT2D eigenvalue weighted by atomic mass is 10.0. The average Bonchev–Trinajstić information content (AvgIpc) is 2.42. The zero-order valence-corrected chi connectivity index (χ0v) is 11.2. The number of nitrogens with zero attached hydrogens (tertiary/aromatic N) is 1. The minimum atomic E-state index is -0.857. The fourth-order valence-electron chi connectivity index (χ4n) is 1.77. The maximum Gasteiger partial charge on any atom is 0.270 e. The van der Waals surface area contributed by atoms with Gasteiger partial charge in [-0.25, -0.2) is 8.78 Å². The molecule has 7 heteroatoms. The Morgan fingerprint density at radius 2 is 1.90 bits per heavy atom. The van der Waals surface area contributed by atoms with Crippen LogP contribution in [0.25, 0.3) is 0 Å². The SMILES string of the molecule is O=C(Cc1ccc(F)cc1F)c1cc([N+](=O)[O-])ccc1Cl. The third-order valence-corrected chi connectivity index (χ3v) is 3.16. The Kier molecular flexibility index (Phi) is 4.28. The highest BCUT2D eigenvalue weighted by atomic mass is 35.5. The summed E-state index contributed by atoms with van der Waals surface area (Å²) in [4.78, 5) is 22.1. The molecule has 0 spiro atoms. The summed E-state index contributed by atoms with van der Waals surface area (Å²) in [6, 6.07) is 6.27. The molecule has 0 amide bonds. The zero-order valence-electron chi connectivity index (χ0n) is 10.5. The van der Waals surface area contributed by atoms with Crippen LogP contribution in [0.5, 0.6) is 0 Å². The molecule has 0 atom stereocenters. The van der Waals surface area contributed by atoms with Gasteiger partial charge in [0.25, 0.3) is 5.69 Å². The van der Waals surface area contributed by atoms with Gasteiger partial charge in [-0.3, -0.25) is 14.9 Å². The molecular formula is C14H8ClF2NO3. The van der Waals surface area contributed by atoms with E-state index in [9.17, 15) is 23.7 Å². The number of non-ortho nitro benzene ring substituents is 1. The normalized spacial score (nSPS) is 10.4. The van der Waals surface area contributed by atoms with Crippen LogP contribution in [-0.2, 0) is 6.42 Å². The van der Waals surface area contributed by atoms with Crippen molar-refractivity contribution >= 4 is 23.1 Å². The highest BCUT2D eigenvalue weighted by Gasteiger charge is 2.17. The van der Waals surface area contributed by atoms with Crippen LogP contribution in [0.4, 0.5) is 14.5 Å². The molecule has 0 aromatic heterocycles. The van der Waals surface area contributed by atoms with E-state index >= 15 is 0 Å². The van der Waals surface area contributed by atoms with E-state index in [2.05, 4.69) is 0 Å². The number of ketones is 1. The number of Topliss-reactive ketones (excluding diaryl/α,β-unsaturated/α-hetero) is 1. The number of hydrogen-bond donors (Lipinski definition) is 0. The van der Waals surface area contributed by atoms with Crippen molar-refractivity contribution in [3.63, 3.8) is 0 Å². The summed E-state index contributed by atoms with van der Waals surface area (Å²) >= 11 is 5.83. The van der Waals surface area contributed by atoms with E-state index < -0.39 is 22.3 Å². The first kappa shape index (κ1) is 15.1. The van der Waals surface area contributed by atoms with E-state index in [4.69, 9.17) is 11.6 Å². The fourth-order valence-corrected chi connectivity index (χ4v) is 2.00. The number of rotatable bonds is 4. The van der Waals surface area contributed by atoms with Gasteiger partial charge in [0.2, 0.25) is 0 Å². The molecule has 0 radical (unpaired) electrons. The van der Waals surface area contributed by atoms with Crippen LogP contribution >= 0.6 is 11.6 Å². The van der Waals surface area contributed by atoms with Crippen LogP contribution < -0.4 is 0 Å². The Hall–Kier alpha value is -2.34. The van der Waals surface area contributed by atoms with Crippen LogP contribution in [0.1, 0.15) is 15.9 Å². The first-order valence-corrected chi connectivity index (χ1v) is 6.17. The van der Waals surface area contributed by atoms with E-state index in [0.717, 1.165) is 24.3 Å². The van der Waals surface area contributed by atoms with E-state index in [1.165, 1.54) is 6.07 Å². The molecule has 0 aliphatic heterocycles. The Bertz CT molecular complexity index is 734. The monoisotopic (exact) mass is 311 g/mol. The summed E-state index contributed by atoms with van der Waals surface area (Å²) in [5.74, 6) is -2.20. The van der Waals surface area contributed by atoms with Gasteiger partial charge >= 0.3 is 0 Å². The first-order valence-electron chi connectivity index (χ1n) is 5.79. The van der Waals surface area contributed by atoms with Crippen molar-refractivity contribution in [1.29, 1.82) is 0 Å². The van der Waals surface area contributed by atoms with Crippen LogP contribution in [-0.4, -0.2) is 10.7 Å². The van der Waals surface area contributed by atoms with Crippen molar-refractivity contribution in [2.45, 2.75) is 6.42 Å². The molecule has 108 valence electrons. The van der Waals surface area contributed by atoms with Crippen LogP contribution in [0.2, 0.25) is 5.02 Å². The van der Waals surface area contributed by atoms with E-state index in [-0.39, 0.29) is 28.3 Å². The Labute approximate surface area is 123 Å². The van der Waals surface area contributed by atoms with Crippen molar-refractivity contribution in [1.82, 2.24) is 0 Å². The second kappa shape index (κ2) is 5.97.